The predicted octanol–water partition coefficient (Wildman–Crippen LogP) is 2.70. The van der Waals surface area contributed by atoms with Crippen molar-refractivity contribution in [1.29, 1.82) is 0 Å². The van der Waals surface area contributed by atoms with E-state index < -0.39 is 0 Å². The molecule has 1 amide bonds. The topological polar surface area (TPSA) is 54.9 Å². The van der Waals surface area contributed by atoms with E-state index in [1.165, 1.54) is 11.3 Å². The SMILES string of the molecule is Cc1nnc(NC(=O)c2ccc(I)cc2)s1. The Morgan fingerprint density at radius 2 is 2.00 bits per heavy atom. The molecular formula is C10H8IN3OS. The van der Waals surface area contributed by atoms with Crippen molar-refractivity contribution in [3.8, 4) is 0 Å². The lowest BCUT2D eigenvalue weighted by atomic mass is 10.2. The van der Waals surface area contributed by atoms with E-state index >= 15 is 0 Å². The van der Waals surface area contributed by atoms with E-state index in [0.29, 0.717) is 10.7 Å². The molecule has 2 aromatic rings. The fourth-order valence-corrected chi connectivity index (χ4v) is 2.06. The molecule has 1 aromatic carbocycles. The van der Waals surface area contributed by atoms with Crippen LogP contribution in [0.5, 0.6) is 0 Å². The zero-order valence-electron chi connectivity index (χ0n) is 8.40. The number of aryl methyl sites for hydroxylation is 1. The number of hydrogen-bond donors (Lipinski definition) is 1. The minimum absolute atomic E-state index is 0.160. The van der Waals surface area contributed by atoms with Crippen molar-refractivity contribution in [2.45, 2.75) is 6.92 Å². The molecule has 4 nitrogen and oxygen atoms in total. The highest BCUT2D eigenvalue weighted by Crippen LogP contribution is 2.15. The van der Waals surface area contributed by atoms with Gasteiger partial charge in [0.1, 0.15) is 5.01 Å². The monoisotopic (exact) mass is 345 g/mol. The Bertz CT molecular complexity index is 509. The highest BCUT2D eigenvalue weighted by atomic mass is 127. The van der Waals surface area contributed by atoms with Gasteiger partial charge in [-0.1, -0.05) is 11.3 Å². The number of anilines is 1. The zero-order chi connectivity index (χ0) is 11.5. The maximum Gasteiger partial charge on any atom is 0.257 e. The summed E-state index contributed by atoms with van der Waals surface area (Å²) in [6, 6.07) is 7.34. The quantitative estimate of drug-likeness (QED) is 0.852. The lowest BCUT2D eigenvalue weighted by Gasteiger charge is -2.00. The summed E-state index contributed by atoms with van der Waals surface area (Å²) in [7, 11) is 0. The molecule has 1 aromatic heterocycles. The lowest BCUT2D eigenvalue weighted by molar-refractivity contribution is 0.102. The van der Waals surface area contributed by atoms with Crippen molar-refractivity contribution >= 4 is 45.0 Å². The third-order valence-electron chi connectivity index (χ3n) is 1.85. The van der Waals surface area contributed by atoms with Gasteiger partial charge in [-0.2, -0.15) is 0 Å². The van der Waals surface area contributed by atoms with Gasteiger partial charge in [0.15, 0.2) is 0 Å². The largest absolute Gasteiger partial charge is 0.296 e. The number of carbonyl (C=O) groups excluding carboxylic acids is 1. The number of benzene rings is 1. The summed E-state index contributed by atoms with van der Waals surface area (Å²) in [5, 5.41) is 11.7. The third kappa shape index (κ3) is 2.76. The van der Waals surface area contributed by atoms with Crippen molar-refractivity contribution in [2.75, 3.05) is 5.32 Å². The molecule has 0 spiro atoms. The molecule has 82 valence electrons. The molecule has 0 atom stereocenters. The number of amides is 1. The molecule has 0 saturated heterocycles. The first-order valence-electron chi connectivity index (χ1n) is 4.52. The average Bonchev–Trinajstić information content (AvgIpc) is 2.65. The summed E-state index contributed by atoms with van der Waals surface area (Å²) in [5.74, 6) is -0.160. The summed E-state index contributed by atoms with van der Waals surface area (Å²) >= 11 is 3.55. The van der Waals surface area contributed by atoms with Crippen LogP contribution in [0.3, 0.4) is 0 Å². The summed E-state index contributed by atoms with van der Waals surface area (Å²) in [6.45, 7) is 1.85. The summed E-state index contributed by atoms with van der Waals surface area (Å²) in [4.78, 5) is 11.8. The molecule has 0 radical (unpaired) electrons. The minimum atomic E-state index is -0.160. The Kier molecular flexibility index (Phi) is 3.49. The highest BCUT2D eigenvalue weighted by molar-refractivity contribution is 14.1. The first-order chi connectivity index (χ1) is 7.65. The predicted molar refractivity (Wildman–Crippen MR) is 71.8 cm³/mol. The van der Waals surface area contributed by atoms with Gasteiger partial charge < -0.3 is 0 Å². The van der Waals surface area contributed by atoms with Crippen LogP contribution in [0.2, 0.25) is 0 Å². The van der Waals surface area contributed by atoms with Crippen molar-refractivity contribution in [3.63, 3.8) is 0 Å². The Hall–Kier alpha value is -1.02. The molecule has 1 N–H and O–H groups in total. The molecule has 0 aliphatic carbocycles. The number of halogens is 1. The summed E-state index contributed by atoms with van der Waals surface area (Å²) in [6.07, 6.45) is 0. The van der Waals surface area contributed by atoms with Gasteiger partial charge in [0.2, 0.25) is 5.13 Å². The van der Waals surface area contributed by atoms with Gasteiger partial charge in [-0.05, 0) is 53.8 Å². The molecule has 6 heteroatoms. The fraction of sp³-hybridized carbons (Fsp3) is 0.100. The molecule has 16 heavy (non-hydrogen) atoms. The number of hydrogen-bond acceptors (Lipinski definition) is 4. The smallest absolute Gasteiger partial charge is 0.257 e. The maximum absolute atomic E-state index is 11.8. The second-order valence-electron chi connectivity index (χ2n) is 3.09. The third-order valence-corrected chi connectivity index (χ3v) is 3.33. The van der Waals surface area contributed by atoms with Gasteiger partial charge in [0.05, 0.1) is 0 Å². The van der Waals surface area contributed by atoms with Crippen LogP contribution in [0.15, 0.2) is 24.3 Å². The molecule has 0 unspecified atom stereocenters. The van der Waals surface area contributed by atoms with Crippen LogP contribution in [0.25, 0.3) is 0 Å². The van der Waals surface area contributed by atoms with Gasteiger partial charge in [-0.15, -0.1) is 10.2 Å². The van der Waals surface area contributed by atoms with E-state index in [1.807, 2.05) is 19.1 Å². The summed E-state index contributed by atoms with van der Waals surface area (Å²) in [5.41, 5.74) is 0.619. The molecule has 0 aliphatic heterocycles. The van der Waals surface area contributed by atoms with Crippen LogP contribution in [0, 0.1) is 10.5 Å². The Labute approximate surface area is 110 Å². The Morgan fingerprint density at radius 1 is 1.31 bits per heavy atom. The lowest BCUT2D eigenvalue weighted by Crippen LogP contribution is -2.11. The molecule has 2 rings (SSSR count). The van der Waals surface area contributed by atoms with Gasteiger partial charge in [0, 0.05) is 9.13 Å². The standard InChI is InChI=1S/C10H8IN3OS/c1-6-13-14-10(16-6)12-9(15)7-2-4-8(11)5-3-7/h2-5H,1H3,(H,12,14,15). The Morgan fingerprint density at radius 3 is 2.56 bits per heavy atom. The number of carbonyl (C=O) groups is 1. The number of aromatic nitrogens is 2. The van der Waals surface area contributed by atoms with E-state index in [2.05, 4.69) is 38.1 Å². The van der Waals surface area contributed by atoms with Gasteiger partial charge >= 0.3 is 0 Å². The van der Waals surface area contributed by atoms with Crippen LogP contribution < -0.4 is 5.32 Å². The second kappa shape index (κ2) is 4.88. The van der Waals surface area contributed by atoms with E-state index in [1.54, 1.807) is 12.1 Å². The van der Waals surface area contributed by atoms with E-state index in [4.69, 9.17) is 0 Å². The van der Waals surface area contributed by atoms with Gasteiger partial charge in [0.25, 0.3) is 5.91 Å². The van der Waals surface area contributed by atoms with Crippen LogP contribution in [-0.2, 0) is 0 Å². The first kappa shape index (κ1) is 11.5. The first-order valence-corrected chi connectivity index (χ1v) is 6.42. The van der Waals surface area contributed by atoms with Gasteiger partial charge in [-0.3, -0.25) is 10.1 Å². The van der Waals surface area contributed by atoms with Crippen LogP contribution in [0.1, 0.15) is 15.4 Å². The molecular weight excluding hydrogens is 337 g/mol. The maximum atomic E-state index is 11.8. The fourth-order valence-electron chi connectivity index (χ4n) is 1.12. The van der Waals surface area contributed by atoms with E-state index in [-0.39, 0.29) is 5.91 Å². The van der Waals surface area contributed by atoms with Crippen molar-refractivity contribution < 1.29 is 4.79 Å². The van der Waals surface area contributed by atoms with Crippen molar-refractivity contribution in [1.82, 2.24) is 10.2 Å². The van der Waals surface area contributed by atoms with Crippen LogP contribution in [-0.4, -0.2) is 16.1 Å². The molecule has 0 bridgehead atoms. The van der Waals surface area contributed by atoms with Crippen LogP contribution in [0.4, 0.5) is 5.13 Å². The van der Waals surface area contributed by atoms with E-state index in [0.717, 1.165) is 8.58 Å². The zero-order valence-corrected chi connectivity index (χ0v) is 11.4. The minimum Gasteiger partial charge on any atom is -0.296 e. The number of rotatable bonds is 2. The second-order valence-corrected chi connectivity index (χ2v) is 5.51. The van der Waals surface area contributed by atoms with E-state index in [9.17, 15) is 4.79 Å². The van der Waals surface area contributed by atoms with Crippen LogP contribution >= 0.6 is 33.9 Å². The molecule has 0 aliphatic rings. The highest BCUT2D eigenvalue weighted by Gasteiger charge is 2.08. The van der Waals surface area contributed by atoms with Crippen molar-refractivity contribution in [2.24, 2.45) is 0 Å². The molecule has 1 heterocycles. The van der Waals surface area contributed by atoms with Crippen molar-refractivity contribution in [3.05, 3.63) is 38.4 Å². The average molecular weight is 345 g/mol. The number of nitrogens with one attached hydrogen (secondary N) is 1. The van der Waals surface area contributed by atoms with Gasteiger partial charge in [-0.25, -0.2) is 0 Å². The number of nitrogens with zero attached hydrogens (tertiary/aromatic N) is 2. The molecule has 0 fully saturated rings. The Balaban J connectivity index is 2.11. The summed E-state index contributed by atoms with van der Waals surface area (Å²) < 4.78 is 1.10. The normalized spacial score (nSPS) is 10.1. The molecule has 0 saturated carbocycles.